The lowest BCUT2D eigenvalue weighted by atomic mass is 9.91. The van der Waals surface area contributed by atoms with Crippen LogP contribution in [0.1, 0.15) is 16.1 Å². The molecule has 0 radical (unpaired) electrons. The van der Waals surface area contributed by atoms with E-state index in [1.807, 2.05) is 0 Å². The number of carbonyl (C=O) groups excluding carboxylic acids is 3. The first kappa shape index (κ1) is 45.6. The molecule has 21 nitrogen and oxygen atoms in total. The standard InChI is InChI=1S/C41H35N7O14S2/c1-19-17-63-37(47-33(19)38(54)55)35(39(56)57)46-36(53)34(48-60-3)26-18-64-41(44-26)45-30(51)15-42-29(50)14-43-31(52)16-61-21-9-11-25-28(13-21)62-27-12-20(49)8-10-24(27)32(25)22-6-4-5-7-23(22)40(58)59-2/h4-13,18,35,37H,1,14-17H2,2-3H3,(H,42,50)(H,43,52)(H,46,53)(H,54,55)(H,56,57)(H,44,45,51)/p-2/b48-34+. The highest BCUT2D eigenvalue weighted by Crippen LogP contribution is 2.42. The van der Waals surface area contributed by atoms with Crippen LogP contribution in [0.15, 0.2) is 108 Å². The molecule has 3 heterocycles. The Hall–Kier alpha value is -7.92. The van der Waals surface area contributed by atoms with Crippen molar-refractivity contribution in [3.05, 3.63) is 99.7 Å². The number of nitrogens with one attached hydrogen (secondary N) is 2. The van der Waals surface area contributed by atoms with Crippen molar-refractivity contribution in [3.63, 3.8) is 0 Å². The number of oxime groups is 1. The normalized spacial score (nSPS) is 15.0. The van der Waals surface area contributed by atoms with Crippen molar-refractivity contribution < 1.29 is 63.1 Å². The largest absolute Gasteiger partial charge is 0.861 e. The molecule has 2 aromatic carbocycles. The van der Waals surface area contributed by atoms with Crippen molar-refractivity contribution in [1.29, 1.82) is 0 Å². The van der Waals surface area contributed by atoms with Gasteiger partial charge in [-0.3, -0.25) is 29.4 Å². The summed E-state index contributed by atoms with van der Waals surface area (Å²) < 4.78 is 16.7. The Bertz CT molecular complexity index is 2830. The highest BCUT2D eigenvalue weighted by atomic mass is 32.2. The zero-order chi connectivity index (χ0) is 46.1. The molecule has 0 saturated heterocycles. The van der Waals surface area contributed by atoms with E-state index in [4.69, 9.17) is 18.7 Å². The van der Waals surface area contributed by atoms with Gasteiger partial charge >= 0.3 is 17.9 Å². The minimum atomic E-state index is -1.81. The number of ether oxygens (including phenoxy) is 2. The second-order valence-corrected chi connectivity index (χ2v) is 15.1. The smallest absolute Gasteiger partial charge is 0.354 e. The van der Waals surface area contributed by atoms with Gasteiger partial charge in [0.15, 0.2) is 23.2 Å². The number of hydrogen-bond donors (Lipinski definition) is 4. The first-order valence-electron chi connectivity index (χ1n) is 18.4. The molecule has 2 unspecified atom stereocenters. The molecule has 4 N–H and O–H groups in total. The molecule has 3 aromatic rings. The molecule has 64 heavy (non-hydrogen) atoms. The van der Waals surface area contributed by atoms with Crippen molar-refractivity contribution in [1.82, 2.24) is 10.3 Å². The Balaban J connectivity index is 1.05. The van der Waals surface area contributed by atoms with Crippen LogP contribution in [0.2, 0.25) is 0 Å². The van der Waals surface area contributed by atoms with Crippen LogP contribution in [0, 0.1) is 0 Å². The molecule has 0 bridgehead atoms. The van der Waals surface area contributed by atoms with Crippen LogP contribution in [0.25, 0.3) is 33.4 Å². The molecule has 2 atom stereocenters. The summed E-state index contributed by atoms with van der Waals surface area (Å²) in [5.74, 6) is -6.59. The fourth-order valence-corrected chi connectivity index (χ4v) is 7.76. The lowest BCUT2D eigenvalue weighted by Crippen LogP contribution is -2.39. The van der Waals surface area contributed by atoms with E-state index in [9.17, 15) is 49.2 Å². The van der Waals surface area contributed by atoms with Gasteiger partial charge in [0, 0.05) is 52.2 Å². The van der Waals surface area contributed by atoms with E-state index in [0.717, 1.165) is 30.2 Å². The quantitative estimate of drug-likeness (QED) is 0.0337. The average Bonchev–Trinajstić information content (AvgIpc) is 3.74. The molecule has 0 fully saturated rings. The van der Waals surface area contributed by atoms with E-state index in [2.05, 4.69) is 42.3 Å². The molecule has 3 aliphatic rings. The van der Waals surface area contributed by atoms with Gasteiger partial charge in [0.2, 0.25) is 5.91 Å². The van der Waals surface area contributed by atoms with Gasteiger partial charge in [-0.1, -0.05) is 29.9 Å². The highest BCUT2D eigenvalue weighted by Gasteiger charge is 2.33. The number of methoxy groups -OCH3 is 1. The number of benzene rings is 3. The number of carbonyl (C=O) groups is 5. The molecule has 2 amide bonds. The zero-order valence-electron chi connectivity index (χ0n) is 33.4. The summed E-state index contributed by atoms with van der Waals surface area (Å²) in [5, 5.41) is 53.5. The van der Waals surface area contributed by atoms with Gasteiger partial charge in [-0.15, -0.1) is 23.1 Å². The van der Waals surface area contributed by atoms with Crippen molar-refractivity contribution in [3.8, 4) is 28.2 Å². The third kappa shape index (κ3) is 10.7. The number of fused-ring (bicyclic) bond motifs is 2. The minimum Gasteiger partial charge on any atom is -0.861 e. The SMILES string of the molecule is C=C1CSC(C(N=C([O-])/C(=N/OC)c2csc(NC(=O)CN=C([O-])CNC(=O)COc3ccc4c(-c5ccccc5C(=O)OC)c5ccc(=O)cc-5oc4c3)n2)C(=O)O)N=C1C(=O)O. The molecule has 1 aliphatic carbocycles. The highest BCUT2D eigenvalue weighted by molar-refractivity contribution is 8.00. The number of anilines is 1. The number of nitrogens with zero attached hydrogens (tertiary/aromatic N) is 5. The number of amides is 2. The molecular formula is C41H33N7O14S2-2. The van der Waals surface area contributed by atoms with Gasteiger partial charge in [-0.25, -0.2) is 19.4 Å². The van der Waals surface area contributed by atoms with Gasteiger partial charge in [-0.2, -0.15) is 0 Å². The number of carboxylic acid groups (broad SMARTS) is 2. The van der Waals surface area contributed by atoms with Crippen molar-refractivity contribution in [2.45, 2.75) is 11.4 Å². The predicted octanol–water partition coefficient (Wildman–Crippen LogP) is 1.42. The van der Waals surface area contributed by atoms with Crippen LogP contribution in [-0.4, -0.2) is 119 Å². The van der Waals surface area contributed by atoms with Crippen LogP contribution in [0.4, 0.5) is 5.13 Å². The Labute approximate surface area is 368 Å². The maximum Gasteiger partial charge on any atom is 0.354 e. The summed E-state index contributed by atoms with van der Waals surface area (Å²) >= 11 is 1.77. The Morgan fingerprint density at radius 3 is 2.55 bits per heavy atom. The van der Waals surface area contributed by atoms with Gasteiger partial charge in [-0.05, 0) is 47.4 Å². The van der Waals surface area contributed by atoms with Crippen molar-refractivity contribution in [2.24, 2.45) is 20.1 Å². The Morgan fingerprint density at radius 2 is 1.81 bits per heavy atom. The molecule has 0 spiro atoms. The fourth-order valence-electron chi connectivity index (χ4n) is 6.00. The zero-order valence-corrected chi connectivity index (χ0v) is 35.0. The summed E-state index contributed by atoms with van der Waals surface area (Å²) in [6.07, 6.45) is 0. The maximum absolute atomic E-state index is 13.1. The van der Waals surface area contributed by atoms with Crippen LogP contribution < -0.4 is 31.0 Å². The molecule has 330 valence electrons. The predicted molar refractivity (Wildman–Crippen MR) is 230 cm³/mol. The summed E-state index contributed by atoms with van der Waals surface area (Å²) in [6.45, 7) is 1.82. The first-order chi connectivity index (χ1) is 30.7. The van der Waals surface area contributed by atoms with Crippen molar-refractivity contribution in [2.75, 3.05) is 45.0 Å². The third-order valence-corrected chi connectivity index (χ3v) is 10.8. The molecule has 0 saturated carbocycles. The second kappa shape index (κ2) is 20.3. The van der Waals surface area contributed by atoms with Gasteiger partial charge in [0.05, 0.1) is 12.7 Å². The number of hydrogen-bond acceptors (Lipinski definition) is 19. The molecular weight excluding hydrogens is 879 g/mol. The summed E-state index contributed by atoms with van der Waals surface area (Å²) in [6, 6.07) is 14.1. The topological polar surface area (TPSA) is 316 Å². The monoisotopic (exact) mass is 911 g/mol. The summed E-state index contributed by atoms with van der Waals surface area (Å²) in [4.78, 5) is 93.7. The van der Waals surface area contributed by atoms with E-state index in [1.165, 1.54) is 30.7 Å². The lowest BCUT2D eigenvalue weighted by molar-refractivity contribution is -0.217. The number of carboxylic acids is 2. The van der Waals surface area contributed by atoms with Crippen LogP contribution >= 0.6 is 23.1 Å². The summed E-state index contributed by atoms with van der Waals surface area (Å²) in [5.41, 5.74) is 1.01. The number of rotatable bonds is 17. The summed E-state index contributed by atoms with van der Waals surface area (Å²) in [7, 11) is 2.38. The third-order valence-electron chi connectivity index (χ3n) is 8.85. The van der Waals surface area contributed by atoms with E-state index in [0.29, 0.717) is 22.1 Å². The van der Waals surface area contributed by atoms with E-state index in [-0.39, 0.29) is 50.2 Å². The number of thioether (sulfide) groups is 1. The number of aromatic nitrogens is 1. The molecule has 1 aromatic heterocycles. The second-order valence-electron chi connectivity index (χ2n) is 13.1. The van der Waals surface area contributed by atoms with Gasteiger partial charge in [0.25, 0.3) is 5.91 Å². The number of aliphatic imine (C=N–C) groups is 3. The van der Waals surface area contributed by atoms with Crippen LogP contribution in [0.3, 0.4) is 0 Å². The average molecular weight is 912 g/mol. The van der Waals surface area contributed by atoms with E-state index >= 15 is 0 Å². The van der Waals surface area contributed by atoms with Gasteiger partial charge in [0.1, 0.15) is 53.2 Å². The molecule has 23 heteroatoms. The Kier molecular flexibility index (Phi) is 14.5. The Morgan fingerprint density at radius 1 is 1.03 bits per heavy atom. The molecule has 6 rings (SSSR count). The first-order valence-corrected chi connectivity index (χ1v) is 20.3. The van der Waals surface area contributed by atoms with Crippen LogP contribution in [0.5, 0.6) is 5.75 Å². The molecule has 2 aliphatic heterocycles. The van der Waals surface area contributed by atoms with Crippen LogP contribution in [-0.2, 0) is 28.8 Å². The maximum atomic E-state index is 13.1. The minimum absolute atomic E-state index is 0.0381. The van der Waals surface area contributed by atoms with Crippen molar-refractivity contribution >= 4 is 92.1 Å². The van der Waals surface area contributed by atoms with E-state index in [1.54, 1.807) is 42.5 Å². The number of esters is 1. The fraction of sp³-hybridized carbons (Fsp3) is 0.195. The number of aliphatic carboxylic acids is 2. The lowest BCUT2D eigenvalue weighted by Gasteiger charge is -2.24. The number of thiazole rings is 1. The van der Waals surface area contributed by atoms with Gasteiger partial charge < -0.3 is 49.8 Å². The van der Waals surface area contributed by atoms with E-state index < -0.39 is 84.1 Å².